The molecule has 0 aliphatic carbocycles. The number of rotatable bonds is 3. The number of benzene rings is 1. The molecular formula is C10H11ClO2. The smallest absolute Gasteiger partial charge is 0.303 e. The van der Waals surface area contributed by atoms with Crippen molar-refractivity contribution in [3.63, 3.8) is 0 Å². The van der Waals surface area contributed by atoms with Crippen molar-refractivity contribution < 1.29 is 9.90 Å². The van der Waals surface area contributed by atoms with Crippen LogP contribution in [0.1, 0.15) is 17.5 Å². The van der Waals surface area contributed by atoms with Crippen LogP contribution in [0.2, 0.25) is 5.02 Å². The van der Waals surface area contributed by atoms with E-state index in [1.165, 1.54) is 0 Å². The maximum Gasteiger partial charge on any atom is 0.303 e. The summed E-state index contributed by atoms with van der Waals surface area (Å²) in [5.41, 5.74) is 1.98. The van der Waals surface area contributed by atoms with Gasteiger partial charge in [-0.3, -0.25) is 4.79 Å². The lowest BCUT2D eigenvalue weighted by Gasteiger charge is -2.01. The second kappa shape index (κ2) is 4.28. The standard InChI is InChI=1S/C10H11ClO2/c1-7-2-3-8(6-9(7)11)4-5-10(12)13/h2-3,6H,4-5H2,1H3,(H,12,13). The lowest BCUT2D eigenvalue weighted by Crippen LogP contribution is -1.97. The zero-order valence-electron chi connectivity index (χ0n) is 7.38. The molecule has 1 rings (SSSR count). The summed E-state index contributed by atoms with van der Waals surface area (Å²) in [4.78, 5) is 10.3. The monoisotopic (exact) mass is 198 g/mol. The lowest BCUT2D eigenvalue weighted by atomic mass is 10.1. The van der Waals surface area contributed by atoms with Crippen LogP contribution in [0.3, 0.4) is 0 Å². The van der Waals surface area contributed by atoms with Gasteiger partial charge >= 0.3 is 5.97 Å². The van der Waals surface area contributed by atoms with Crippen molar-refractivity contribution in [1.82, 2.24) is 0 Å². The molecule has 0 bridgehead atoms. The number of hydrogen-bond acceptors (Lipinski definition) is 1. The summed E-state index contributed by atoms with van der Waals surface area (Å²) in [6, 6.07) is 5.63. The highest BCUT2D eigenvalue weighted by atomic mass is 35.5. The van der Waals surface area contributed by atoms with Gasteiger partial charge in [-0.05, 0) is 30.5 Å². The maximum absolute atomic E-state index is 10.3. The van der Waals surface area contributed by atoms with E-state index in [9.17, 15) is 4.79 Å². The van der Waals surface area contributed by atoms with Gasteiger partial charge in [-0.15, -0.1) is 0 Å². The molecule has 0 unspecified atom stereocenters. The molecule has 0 radical (unpaired) electrons. The topological polar surface area (TPSA) is 37.3 Å². The van der Waals surface area contributed by atoms with Gasteiger partial charge in [-0.25, -0.2) is 0 Å². The van der Waals surface area contributed by atoms with Gasteiger partial charge < -0.3 is 5.11 Å². The zero-order chi connectivity index (χ0) is 9.84. The number of aryl methyl sites for hydroxylation is 2. The van der Waals surface area contributed by atoms with Gasteiger partial charge in [0.2, 0.25) is 0 Å². The molecule has 1 aromatic carbocycles. The Bertz CT molecular complexity index is 321. The van der Waals surface area contributed by atoms with E-state index in [2.05, 4.69) is 0 Å². The highest BCUT2D eigenvalue weighted by Gasteiger charge is 2.01. The number of carboxylic acid groups (broad SMARTS) is 1. The van der Waals surface area contributed by atoms with E-state index in [0.717, 1.165) is 11.1 Å². The first-order valence-electron chi connectivity index (χ1n) is 4.06. The van der Waals surface area contributed by atoms with Crippen LogP contribution >= 0.6 is 11.6 Å². The lowest BCUT2D eigenvalue weighted by molar-refractivity contribution is -0.136. The summed E-state index contributed by atoms with van der Waals surface area (Å²) >= 11 is 5.88. The molecule has 0 fully saturated rings. The van der Waals surface area contributed by atoms with Crippen LogP contribution in [0.5, 0.6) is 0 Å². The van der Waals surface area contributed by atoms with Crippen molar-refractivity contribution in [2.24, 2.45) is 0 Å². The van der Waals surface area contributed by atoms with Crippen molar-refractivity contribution in [1.29, 1.82) is 0 Å². The molecule has 0 amide bonds. The fourth-order valence-electron chi connectivity index (χ4n) is 1.04. The average molecular weight is 199 g/mol. The van der Waals surface area contributed by atoms with Gasteiger partial charge in [0.05, 0.1) is 0 Å². The van der Waals surface area contributed by atoms with Crippen molar-refractivity contribution in [3.8, 4) is 0 Å². The Kier molecular flexibility index (Phi) is 3.32. The molecule has 0 saturated heterocycles. The van der Waals surface area contributed by atoms with Crippen LogP contribution < -0.4 is 0 Å². The number of carbonyl (C=O) groups is 1. The van der Waals surface area contributed by atoms with Gasteiger partial charge in [0.1, 0.15) is 0 Å². The molecule has 13 heavy (non-hydrogen) atoms. The predicted molar refractivity (Wildman–Crippen MR) is 52.1 cm³/mol. The van der Waals surface area contributed by atoms with Crippen LogP contribution in [-0.4, -0.2) is 11.1 Å². The number of halogens is 1. The molecule has 0 heterocycles. The highest BCUT2D eigenvalue weighted by molar-refractivity contribution is 6.31. The molecule has 1 N–H and O–H groups in total. The van der Waals surface area contributed by atoms with Gasteiger partial charge in [-0.1, -0.05) is 23.7 Å². The number of carboxylic acids is 1. The third-order valence-corrected chi connectivity index (χ3v) is 2.27. The van der Waals surface area contributed by atoms with E-state index in [0.29, 0.717) is 11.4 Å². The Hall–Kier alpha value is -1.02. The van der Waals surface area contributed by atoms with Crippen molar-refractivity contribution in [2.45, 2.75) is 19.8 Å². The van der Waals surface area contributed by atoms with E-state index in [1.54, 1.807) is 0 Å². The Morgan fingerprint density at radius 1 is 1.54 bits per heavy atom. The molecule has 0 spiro atoms. The SMILES string of the molecule is Cc1ccc(CCC(=O)O)cc1Cl. The Morgan fingerprint density at radius 2 is 2.23 bits per heavy atom. The minimum absolute atomic E-state index is 0.152. The first-order chi connectivity index (χ1) is 6.09. The molecule has 0 saturated carbocycles. The molecule has 0 aromatic heterocycles. The second-order valence-corrected chi connectivity index (χ2v) is 3.38. The van der Waals surface area contributed by atoms with Crippen LogP contribution in [0.25, 0.3) is 0 Å². The third kappa shape index (κ3) is 3.07. The van der Waals surface area contributed by atoms with Crippen molar-refractivity contribution in [3.05, 3.63) is 34.3 Å². The molecule has 0 aliphatic rings. The second-order valence-electron chi connectivity index (χ2n) is 2.98. The zero-order valence-corrected chi connectivity index (χ0v) is 8.14. The minimum atomic E-state index is -0.781. The highest BCUT2D eigenvalue weighted by Crippen LogP contribution is 2.17. The van der Waals surface area contributed by atoms with E-state index in [-0.39, 0.29) is 6.42 Å². The first-order valence-corrected chi connectivity index (χ1v) is 4.44. The molecule has 3 heteroatoms. The first kappa shape index (κ1) is 10.1. The van der Waals surface area contributed by atoms with Gasteiger partial charge in [0, 0.05) is 11.4 Å². The predicted octanol–water partition coefficient (Wildman–Crippen LogP) is 2.67. The summed E-state index contributed by atoms with van der Waals surface area (Å²) < 4.78 is 0. The third-order valence-electron chi connectivity index (χ3n) is 1.86. The minimum Gasteiger partial charge on any atom is -0.481 e. The number of hydrogen-bond donors (Lipinski definition) is 1. The molecule has 1 aromatic rings. The normalized spacial score (nSPS) is 10.0. The fraction of sp³-hybridized carbons (Fsp3) is 0.300. The van der Waals surface area contributed by atoms with Gasteiger partial charge in [0.15, 0.2) is 0 Å². The molecule has 0 aliphatic heterocycles. The van der Waals surface area contributed by atoms with E-state index >= 15 is 0 Å². The summed E-state index contributed by atoms with van der Waals surface area (Å²) in [5, 5.41) is 9.16. The van der Waals surface area contributed by atoms with E-state index in [1.807, 2.05) is 25.1 Å². The Balaban J connectivity index is 2.68. The van der Waals surface area contributed by atoms with E-state index < -0.39 is 5.97 Å². The summed E-state index contributed by atoms with van der Waals surface area (Å²) in [7, 11) is 0. The van der Waals surface area contributed by atoms with Crippen LogP contribution in [0, 0.1) is 6.92 Å². The maximum atomic E-state index is 10.3. The Morgan fingerprint density at radius 3 is 2.77 bits per heavy atom. The van der Waals surface area contributed by atoms with Crippen LogP contribution in [0.4, 0.5) is 0 Å². The van der Waals surface area contributed by atoms with Gasteiger partial charge in [-0.2, -0.15) is 0 Å². The Labute approximate surface area is 82.2 Å². The summed E-state index contributed by atoms with van der Waals surface area (Å²) in [6.45, 7) is 1.92. The number of aliphatic carboxylic acids is 1. The van der Waals surface area contributed by atoms with Crippen LogP contribution in [0.15, 0.2) is 18.2 Å². The molecule has 0 atom stereocenters. The summed E-state index contributed by atoms with van der Waals surface area (Å²) in [5.74, 6) is -0.781. The molecule has 2 nitrogen and oxygen atoms in total. The molecule has 70 valence electrons. The van der Waals surface area contributed by atoms with Crippen molar-refractivity contribution >= 4 is 17.6 Å². The summed E-state index contributed by atoms with van der Waals surface area (Å²) in [6.07, 6.45) is 0.689. The quantitative estimate of drug-likeness (QED) is 0.811. The average Bonchev–Trinajstić information content (AvgIpc) is 2.07. The van der Waals surface area contributed by atoms with E-state index in [4.69, 9.17) is 16.7 Å². The van der Waals surface area contributed by atoms with Crippen LogP contribution in [-0.2, 0) is 11.2 Å². The molecular weight excluding hydrogens is 188 g/mol. The largest absolute Gasteiger partial charge is 0.481 e. The van der Waals surface area contributed by atoms with Crippen molar-refractivity contribution in [2.75, 3.05) is 0 Å². The fourth-order valence-corrected chi connectivity index (χ4v) is 1.25. The van der Waals surface area contributed by atoms with Gasteiger partial charge in [0.25, 0.3) is 0 Å².